The third-order valence-corrected chi connectivity index (χ3v) is 5.97. The van der Waals surface area contributed by atoms with Gasteiger partial charge in [0.2, 0.25) is 0 Å². The van der Waals surface area contributed by atoms with E-state index in [2.05, 4.69) is 15.5 Å². The van der Waals surface area contributed by atoms with Crippen molar-refractivity contribution in [1.82, 2.24) is 15.1 Å². The minimum atomic E-state index is -0.640. The summed E-state index contributed by atoms with van der Waals surface area (Å²) in [6.45, 7) is 2.68. The van der Waals surface area contributed by atoms with Crippen molar-refractivity contribution in [3.63, 3.8) is 0 Å². The number of aliphatic imine (C=N–C) groups is 1. The molecule has 1 spiro atoms. The van der Waals surface area contributed by atoms with Crippen LogP contribution in [0.1, 0.15) is 44.9 Å². The van der Waals surface area contributed by atoms with Crippen LogP contribution in [0.15, 0.2) is 35.3 Å². The van der Waals surface area contributed by atoms with E-state index in [4.69, 9.17) is 4.99 Å². The van der Waals surface area contributed by atoms with E-state index in [0.717, 1.165) is 63.3 Å². The maximum absolute atomic E-state index is 12.8. The Labute approximate surface area is 166 Å². The molecule has 3 aliphatic rings. The van der Waals surface area contributed by atoms with Crippen molar-refractivity contribution in [2.24, 2.45) is 4.99 Å². The smallest absolute Gasteiger partial charge is 0.325 e. The fourth-order valence-electron chi connectivity index (χ4n) is 4.43. The predicted molar refractivity (Wildman–Crippen MR) is 109 cm³/mol. The van der Waals surface area contributed by atoms with Gasteiger partial charge in [-0.15, -0.1) is 0 Å². The zero-order chi connectivity index (χ0) is 19.4. The molecule has 3 fully saturated rings. The molecule has 28 heavy (non-hydrogen) atoms. The van der Waals surface area contributed by atoms with E-state index in [1.807, 2.05) is 30.3 Å². The number of guanidine groups is 1. The second-order valence-electron chi connectivity index (χ2n) is 7.92. The number of hydrogen-bond acceptors (Lipinski definition) is 3. The van der Waals surface area contributed by atoms with E-state index in [1.165, 1.54) is 11.3 Å². The quantitative estimate of drug-likeness (QED) is 0.476. The number of nitrogens with one attached hydrogen (secondary N) is 2. The first kappa shape index (κ1) is 18.8. The van der Waals surface area contributed by atoms with Crippen molar-refractivity contribution in [3.8, 4) is 0 Å². The average molecular weight is 383 g/mol. The Balaban J connectivity index is 1.43. The monoisotopic (exact) mass is 383 g/mol. The normalized spacial score (nSPS) is 22.1. The summed E-state index contributed by atoms with van der Waals surface area (Å²) in [5, 5.41) is 6.35. The number of benzene rings is 1. The van der Waals surface area contributed by atoms with Gasteiger partial charge in [0.15, 0.2) is 5.96 Å². The van der Waals surface area contributed by atoms with Crippen molar-refractivity contribution in [3.05, 3.63) is 30.3 Å². The van der Waals surface area contributed by atoms with E-state index in [1.54, 1.807) is 0 Å². The topological polar surface area (TPSA) is 77.0 Å². The molecule has 3 amide bonds. The zero-order valence-corrected chi connectivity index (χ0v) is 16.3. The van der Waals surface area contributed by atoms with Gasteiger partial charge in [-0.1, -0.05) is 31.0 Å². The molecular formula is C21H29N5O2. The fourth-order valence-corrected chi connectivity index (χ4v) is 4.43. The molecule has 1 aromatic rings. The lowest BCUT2D eigenvalue weighted by molar-refractivity contribution is -0.131. The molecule has 4 rings (SSSR count). The van der Waals surface area contributed by atoms with Gasteiger partial charge in [-0.05, 0) is 44.2 Å². The molecule has 7 nitrogen and oxygen atoms in total. The minimum absolute atomic E-state index is 0.0688. The van der Waals surface area contributed by atoms with Crippen molar-refractivity contribution in [2.75, 3.05) is 31.5 Å². The van der Waals surface area contributed by atoms with Crippen LogP contribution in [0.4, 0.5) is 10.5 Å². The Morgan fingerprint density at radius 1 is 1.04 bits per heavy atom. The number of anilines is 1. The van der Waals surface area contributed by atoms with Gasteiger partial charge in [0.05, 0.1) is 13.1 Å². The van der Waals surface area contributed by atoms with Crippen LogP contribution in [-0.4, -0.2) is 59.4 Å². The van der Waals surface area contributed by atoms with Crippen LogP contribution in [-0.2, 0) is 4.79 Å². The van der Waals surface area contributed by atoms with Crippen LogP contribution < -0.4 is 10.6 Å². The molecule has 1 aliphatic carbocycles. The number of nitrogens with zero attached hydrogens (tertiary/aromatic N) is 3. The number of carbonyl (C=O) groups excluding carboxylic acids is 2. The number of likely N-dealkylation sites (tertiary alicyclic amines) is 1. The first-order valence-electron chi connectivity index (χ1n) is 10.4. The van der Waals surface area contributed by atoms with Crippen LogP contribution in [0, 0.1) is 0 Å². The number of rotatable bonds is 4. The lowest BCUT2D eigenvalue weighted by atomic mass is 9.98. The average Bonchev–Trinajstić information content (AvgIpc) is 3.29. The SMILES string of the molecule is O=C1NC2(CCCC2)C(=O)N1CCN=C(Nc1ccccc1)N1CCCCC1. The van der Waals surface area contributed by atoms with Gasteiger partial charge >= 0.3 is 6.03 Å². The molecule has 0 aromatic heterocycles. The largest absolute Gasteiger partial charge is 0.343 e. The Morgan fingerprint density at radius 3 is 2.46 bits per heavy atom. The van der Waals surface area contributed by atoms with Gasteiger partial charge in [-0.3, -0.25) is 14.7 Å². The second-order valence-corrected chi connectivity index (χ2v) is 7.92. The number of urea groups is 1. The van der Waals surface area contributed by atoms with Crippen LogP contribution in [0.5, 0.6) is 0 Å². The van der Waals surface area contributed by atoms with E-state index < -0.39 is 5.54 Å². The van der Waals surface area contributed by atoms with E-state index in [0.29, 0.717) is 13.1 Å². The van der Waals surface area contributed by atoms with Crippen molar-refractivity contribution in [1.29, 1.82) is 0 Å². The minimum Gasteiger partial charge on any atom is -0.343 e. The molecule has 2 saturated heterocycles. The van der Waals surface area contributed by atoms with Gasteiger partial charge in [0.1, 0.15) is 5.54 Å². The molecule has 0 unspecified atom stereocenters. The van der Waals surface area contributed by atoms with Crippen LogP contribution >= 0.6 is 0 Å². The van der Waals surface area contributed by atoms with Gasteiger partial charge in [-0.2, -0.15) is 0 Å². The molecule has 2 aliphatic heterocycles. The summed E-state index contributed by atoms with van der Waals surface area (Å²) < 4.78 is 0. The first-order valence-corrected chi connectivity index (χ1v) is 10.4. The molecule has 0 atom stereocenters. The summed E-state index contributed by atoms with van der Waals surface area (Å²) in [5.74, 6) is 0.759. The molecule has 1 saturated carbocycles. The predicted octanol–water partition coefficient (Wildman–Crippen LogP) is 2.81. The van der Waals surface area contributed by atoms with Crippen molar-refractivity contribution >= 4 is 23.6 Å². The lowest BCUT2D eigenvalue weighted by Crippen LogP contribution is -2.44. The van der Waals surface area contributed by atoms with Crippen molar-refractivity contribution < 1.29 is 9.59 Å². The maximum Gasteiger partial charge on any atom is 0.325 e. The third kappa shape index (κ3) is 3.84. The summed E-state index contributed by atoms with van der Waals surface area (Å²) >= 11 is 0. The zero-order valence-electron chi connectivity index (χ0n) is 16.3. The molecule has 0 radical (unpaired) electrons. The Bertz CT molecular complexity index is 736. The molecule has 7 heteroatoms. The molecule has 150 valence electrons. The molecular weight excluding hydrogens is 354 g/mol. The number of carbonyl (C=O) groups is 2. The van der Waals surface area contributed by atoms with Crippen molar-refractivity contribution in [2.45, 2.75) is 50.5 Å². The van der Waals surface area contributed by atoms with Gasteiger partial charge in [-0.25, -0.2) is 4.79 Å². The summed E-state index contributed by atoms with van der Waals surface area (Å²) in [6, 6.07) is 9.73. The van der Waals surface area contributed by atoms with Crippen LogP contribution in [0.25, 0.3) is 0 Å². The summed E-state index contributed by atoms with van der Waals surface area (Å²) in [6.07, 6.45) is 7.07. The lowest BCUT2D eigenvalue weighted by Gasteiger charge is -2.30. The first-order chi connectivity index (χ1) is 13.7. The fraction of sp³-hybridized carbons (Fsp3) is 0.571. The molecule has 1 aromatic carbocycles. The van der Waals surface area contributed by atoms with E-state index in [9.17, 15) is 9.59 Å². The highest BCUT2D eigenvalue weighted by Crippen LogP contribution is 2.34. The van der Waals surface area contributed by atoms with Gasteiger partial charge < -0.3 is 15.5 Å². The maximum atomic E-state index is 12.8. The highest BCUT2D eigenvalue weighted by atomic mass is 16.2. The Hall–Kier alpha value is -2.57. The highest BCUT2D eigenvalue weighted by molar-refractivity contribution is 6.07. The number of piperidine rings is 1. The van der Waals surface area contributed by atoms with Gasteiger partial charge in [0, 0.05) is 18.8 Å². The number of hydrogen-bond donors (Lipinski definition) is 2. The van der Waals surface area contributed by atoms with E-state index >= 15 is 0 Å². The highest BCUT2D eigenvalue weighted by Gasteiger charge is 2.52. The summed E-state index contributed by atoms with van der Waals surface area (Å²) in [5.41, 5.74) is 0.352. The molecule has 0 bridgehead atoms. The third-order valence-electron chi connectivity index (χ3n) is 5.97. The number of amides is 3. The number of imide groups is 1. The molecule has 2 heterocycles. The van der Waals surface area contributed by atoms with Crippen LogP contribution in [0.2, 0.25) is 0 Å². The second kappa shape index (κ2) is 8.20. The molecule has 2 N–H and O–H groups in total. The van der Waals surface area contributed by atoms with E-state index in [-0.39, 0.29) is 11.9 Å². The Morgan fingerprint density at radius 2 is 1.75 bits per heavy atom. The number of para-hydroxylation sites is 1. The summed E-state index contributed by atoms with van der Waals surface area (Å²) in [4.78, 5) is 33.5. The standard InChI is InChI=1S/C21H29N5O2/c27-18-21(11-5-6-12-21)24-20(28)26(18)16-13-22-19(25-14-7-2-8-15-25)23-17-9-3-1-4-10-17/h1,3-4,9-10H,2,5-8,11-16H2,(H,22,23)(H,24,28). The Kier molecular flexibility index (Phi) is 5.50. The van der Waals surface area contributed by atoms with Crippen LogP contribution in [0.3, 0.4) is 0 Å². The van der Waals surface area contributed by atoms with Gasteiger partial charge in [0.25, 0.3) is 5.91 Å². The summed E-state index contributed by atoms with van der Waals surface area (Å²) in [7, 11) is 0.